The second-order valence-corrected chi connectivity index (χ2v) is 4.19. The van der Waals surface area contributed by atoms with E-state index in [1.54, 1.807) is 10.9 Å². The first-order valence-electron chi connectivity index (χ1n) is 6.02. The van der Waals surface area contributed by atoms with Gasteiger partial charge in [0.25, 0.3) is 0 Å². The monoisotopic (exact) mass is 230 g/mol. The molecule has 2 aromatic rings. The summed E-state index contributed by atoms with van der Waals surface area (Å²) in [5, 5.41) is 7.56. The van der Waals surface area contributed by atoms with E-state index in [9.17, 15) is 0 Å². The second-order valence-electron chi connectivity index (χ2n) is 4.19. The van der Waals surface area contributed by atoms with E-state index >= 15 is 0 Å². The summed E-state index contributed by atoms with van der Waals surface area (Å²) in [6.45, 7) is 4.38. The van der Waals surface area contributed by atoms with Gasteiger partial charge in [-0.3, -0.25) is 0 Å². The van der Waals surface area contributed by atoms with E-state index in [1.165, 1.54) is 12.8 Å². The van der Waals surface area contributed by atoms with Crippen LogP contribution in [0, 0.1) is 0 Å². The fourth-order valence-corrected chi connectivity index (χ4v) is 1.80. The highest BCUT2D eigenvalue weighted by Crippen LogP contribution is 2.11. The van der Waals surface area contributed by atoms with Gasteiger partial charge in [0.2, 0.25) is 0 Å². The molecule has 0 saturated carbocycles. The number of hydrogen-bond acceptors (Lipinski definition) is 3. The van der Waals surface area contributed by atoms with Crippen LogP contribution in [0.1, 0.15) is 26.7 Å². The van der Waals surface area contributed by atoms with E-state index in [2.05, 4.69) is 29.2 Å². The third-order valence-corrected chi connectivity index (χ3v) is 2.62. The Hall–Kier alpha value is -1.84. The van der Waals surface area contributed by atoms with Crippen molar-refractivity contribution >= 4 is 5.69 Å². The molecule has 0 bridgehead atoms. The van der Waals surface area contributed by atoms with E-state index in [-0.39, 0.29) is 0 Å². The lowest BCUT2D eigenvalue weighted by Crippen LogP contribution is -2.14. The average molecular weight is 230 g/mol. The first kappa shape index (κ1) is 11.6. The van der Waals surface area contributed by atoms with Crippen LogP contribution in [0.3, 0.4) is 0 Å². The van der Waals surface area contributed by atoms with E-state index in [1.807, 2.05) is 30.6 Å². The largest absolute Gasteiger partial charge is 0.381 e. The van der Waals surface area contributed by atoms with Crippen LogP contribution < -0.4 is 5.32 Å². The van der Waals surface area contributed by atoms with Crippen molar-refractivity contribution in [1.29, 1.82) is 0 Å². The molecular weight excluding hydrogens is 212 g/mol. The third kappa shape index (κ3) is 3.06. The lowest BCUT2D eigenvalue weighted by atomic mass is 10.2. The lowest BCUT2D eigenvalue weighted by molar-refractivity contribution is 0.690. The number of anilines is 1. The van der Waals surface area contributed by atoms with Gasteiger partial charge in [-0.15, -0.1) is 0 Å². The maximum Gasteiger partial charge on any atom is 0.153 e. The topological polar surface area (TPSA) is 42.7 Å². The minimum Gasteiger partial charge on any atom is -0.381 e. The Balaban J connectivity index is 2.03. The molecule has 4 heteroatoms. The Labute approximate surface area is 102 Å². The normalized spacial score (nSPS) is 12.4. The molecule has 90 valence electrons. The first-order valence-corrected chi connectivity index (χ1v) is 6.02. The predicted molar refractivity (Wildman–Crippen MR) is 69.4 cm³/mol. The Morgan fingerprint density at radius 1 is 1.41 bits per heavy atom. The fourth-order valence-electron chi connectivity index (χ4n) is 1.80. The molecule has 1 N–H and O–H groups in total. The van der Waals surface area contributed by atoms with Crippen LogP contribution in [0.5, 0.6) is 0 Å². The molecule has 2 rings (SSSR count). The molecular formula is C13H18N4. The lowest BCUT2D eigenvalue weighted by Gasteiger charge is -2.13. The van der Waals surface area contributed by atoms with Crippen molar-refractivity contribution in [2.75, 3.05) is 5.32 Å². The van der Waals surface area contributed by atoms with E-state index in [0.29, 0.717) is 6.04 Å². The van der Waals surface area contributed by atoms with Crippen molar-refractivity contribution in [3.05, 3.63) is 36.8 Å². The molecule has 17 heavy (non-hydrogen) atoms. The summed E-state index contributed by atoms with van der Waals surface area (Å²) in [6.07, 6.45) is 7.84. The van der Waals surface area contributed by atoms with Crippen LogP contribution in [0.25, 0.3) is 5.82 Å². The average Bonchev–Trinajstić information content (AvgIpc) is 2.84. The van der Waals surface area contributed by atoms with Crippen LogP contribution in [0.4, 0.5) is 5.69 Å². The molecule has 0 saturated heterocycles. The minimum absolute atomic E-state index is 0.484. The Bertz CT molecular complexity index is 433. The molecule has 0 aliphatic heterocycles. The van der Waals surface area contributed by atoms with Crippen molar-refractivity contribution in [2.24, 2.45) is 0 Å². The number of rotatable bonds is 5. The standard InChI is InChI=1S/C13H18N4/c1-3-5-11(2)16-12-6-7-13(14-10-12)17-9-4-8-15-17/h4,6-11,16H,3,5H2,1-2H3. The summed E-state index contributed by atoms with van der Waals surface area (Å²) in [5.74, 6) is 0.837. The maximum atomic E-state index is 4.37. The van der Waals surface area contributed by atoms with Gasteiger partial charge in [-0.1, -0.05) is 13.3 Å². The Morgan fingerprint density at radius 3 is 2.88 bits per heavy atom. The van der Waals surface area contributed by atoms with Crippen molar-refractivity contribution < 1.29 is 0 Å². The zero-order valence-corrected chi connectivity index (χ0v) is 10.3. The van der Waals surface area contributed by atoms with Crippen LogP contribution >= 0.6 is 0 Å². The molecule has 0 fully saturated rings. The van der Waals surface area contributed by atoms with Crippen molar-refractivity contribution in [3.8, 4) is 5.82 Å². The Morgan fingerprint density at radius 2 is 2.29 bits per heavy atom. The second kappa shape index (κ2) is 5.48. The van der Waals surface area contributed by atoms with Gasteiger partial charge in [0.05, 0.1) is 11.9 Å². The van der Waals surface area contributed by atoms with Crippen LogP contribution in [-0.2, 0) is 0 Å². The molecule has 0 aliphatic rings. The zero-order chi connectivity index (χ0) is 12.1. The number of pyridine rings is 1. The maximum absolute atomic E-state index is 4.37. The van der Waals surface area contributed by atoms with Gasteiger partial charge in [0.1, 0.15) is 0 Å². The van der Waals surface area contributed by atoms with Gasteiger partial charge in [-0.25, -0.2) is 9.67 Å². The van der Waals surface area contributed by atoms with Crippen molar-refractivity contribution in [2.45, 2.75) is 32.7 Å². The first-order chi connectivity index (χ1) is 8.29. The summed E-state index contributed by atoms with van der Waals surface area (Å²) in [4.78, 5) is 4.37. The predicted octanol–water partition coefficient (Wildman–Crippen LogP) is 2.87. The molecule has 0 aromatic carbocycles. The number of aromatic nitrogens is 3. The summed E-state index contributed by atoms with van der Waals surface area (Å²) in [7, 11) is 0. The summed E-state index contributed by atoms with van der Waals surface area (Å²) in [5.41, 5.74) is 1.06. The molecule has 1 unspecified atom stereocenters. The van der Waals surface area contributed by atoms with Crippen molar-refractivity contribution in [3.63, 3.8) is 0 Å². The number of hydrogen-bond donors (Lipinski definition) is 1. The van der Waals surface area contributed by atoms with Gasteiger partial charge < -0.3 is 5.32 Å². The summed E-state index contributed by atoms with van der Waals surface area (Å²) in [6, 6.07) is 6.37. The highest BCUT2D eigenvalue weighted by Gasteiger charge is 2.02. The van der Waals surface area contributed by atoms with Crippen LogP contribution in [0.2, 0.25) is 0 Å². The van der Waals surface area contributed by atoms with E-state index < -0.39 is 0 Å². The highest BCUT2D eigenvalue weighted by atomic mass is 15.3. The van der Waals surface area contributed by atoms with Crippen molar-refractivity contribution in [1.82, 2.24) is 14.8 Å². The SMILES string of the molecule is CCCC(C)Nc1ccc(-n2cccn2)nc1. The molecule has 1 atom stereocenters. The molecule has 4 nitrogen and oxygen atoms in total. The van der Waals surface area contributed by atoms with Crippen LogP contribution in [-0.4, -0.2) is 20.8 Å². The fraction of sp³-hybridized carbons (Fsp3) is 0.385. The van der Waals surface area contributed by atoms with Gasteiger partial charge in [-0.05, 0) is 31.5 Å². The highest BCUT2D eigenvalue weighted by molar-refractivity contribution is 5.44. The molecule has 0 spiro atoms. The molecule has 2 aromatic heterocycles. The van der Waals surface area contributed by atoms with Gasteiger partial charge >= 0.3 is 0 Å². The summed E-state index contributed by atoms with van der Waals surface area (Å²) < 4.78 is 1.75. The molecule has 0 radical (unpaired) electrons. The molecule has 0 amide bonds. The molecule has 0 aliphatic carbocycles. The quantitative estimate of drug-likeness (QED) is 0.858. The van der Waals surface area contributed by atoms with E-state index in [0.717, 1.165) is 11.5 Å². The summed E-state index contributed by atoms with van der Waals surface area (Å²) >= 11 is 0. The number of nitrogens with zero attached hydrogens (tertiary/aromatic N) is 3. The minimum atomic E-state index is 0.484. The van der Waals surface area contributed by atoms with Gasteiger partial charge in [0, 0.05) is 18.4 Å². The van der Waals surface area contributed by atoms with E-state index in [4.69, 9.17) is 0 Å². The smallest absolute Gasteiger partial charge is 0.153 e. The number of nitrogens with one attached hydrogen (secondary N) is 1. The van der Waals surface area contributed by atoms with Crippen LogP contribution in [0.15, 0.2) is 36.8 Å². The molecule has 2 heterocycles. The third-order valence-electron chi connectivity index (χ3n) is 2.62. The zero-order valence-electron chi connectivity index (χ0n) is 10.3. The Kier molecular flexibility index (Phi) is 3.75. The van der Waals surface area contributed by atoms with Gasteiger partial charge in [-0.2, -0.15) is 5.10 Å². The van der Waals surface area contributed by atoms with Gasteiger partial charge in [0.15, 0.2) is 5.82 Å².